The van der Waals surface area contributed by atoms with Crippen LogP contribution in [0.1, 0.15) is 29.0 Å². The van der Waals surface area contributed by atoms with Crippen molar-refractivity contribution in [1.29, 1.82) is 0 Å². The predicted molar refractivity (Wildman–Crippen MR) is 262 cm³/mol. The van der Waals surface area contributed by atoms with E-state index in [1.165, 1.54) is 27.3 Å². The van der Waals surface area contributed by atoms with Crippen molar-refractivity contribution >= 4 is 49.3 Å². The second-order valence-electron chi connectivity index (χ2n) is 16.4. The maximum Gasteiger partial charge on any atom is 0.143 e. The molecule has 63 heavy (non-hydrogen) atoms. The summed E-state index contributed by atoms with van der Waals surface area (Å²) in [5, 5.41) is 14.7. The zero-order chi connectivity index (χ0) is 41.7. The van der Waals surface area contributed by atoms with Crippen LogP contribution >= 0.6 is 0 Å². The van der Waals surface area contributed by atoms with E-state index < -0.39 is 0 Å². The Morgan fingerprint density at radius 1 is 0.381 bits per heavy atom. The molecule has 0 aliphatic carbocycles. The molecule has 2 unspecified atom stereocenters. The van der Waals surface area contributed by atoms with Crippen molar-refractivity contribution in [2.45, 2.75) is 12.3 Å². The van der Waals surface area contributed by atoms with Crippen LogP contribution < -0.4 is 10.6 Å². The number of nitrogens with zero attached hydrogens (tertiary/aromatic N) is 1. The number of aliphatic imine (C=N–C) groups is 1. The summed E-state index contributed by atoms with van der Waals surface area (Å²) in [4.78, 5) is 5.35. The van der Waals surface area contributed by atoms with E-state index >= 15 is 0 Å². The van der Waals surface area contributed by atoms with Gasteiger partial charge in [-0.3, -0.25) is 5.32 Å². The van der Waals surface area contributed by atoms with Crippen molar-refractivity contribution in [3.8, 4) is 44.5 Å². The quantitative estimate of drug-likeness (QED) is 0.169. The van der Waals surface area contributed by atoms with Gasteiger partial charge < -0.3 is 9.73 Å². The van der Waals surface area contributed by atoms with Crippen LogP contribution in [0, 0.1) is 0 Å². The third kappa shape index (κ3) is 6.84. The zero-order valence-electron chi connectivity index (χ0n) is 34.4. The van der Waals surface area contributed by atoms with Gasteiger partial charge in [-0.25, -0.2) is 4.99 Å². The summed E-state index contributed by atoms with van der Waals surface area (Å²) in [5.41, 5.74) is 14.2. The normalized spacial score (nSPS) is 15.1. The van der Waals surface area contributed by atoms with Gasteiger partial charge in [0.1, 0.15) is 29.3 Å². The Morgan fingerprint density at radius 2 is 0.937 bits per heavy atom. The smallest absolute Gasteiger partial charge is 0.143 e. The molecule has 0 radical (unpaired) electrons. The molecule has 11 aromatic rings. The number of benzene rings is 10. The number of hydrogen-bond acceptors (Lipinski definition) is 4. The van der Waals surface area contributed by atoms with Crippen LogP contribution in [-0.2, 0) is 0 Å². The first-order valence-corrected chi connectivity index (χ1v) is 21.6. The van der Waals surface area contributed by atoms with Crippen LogP contribution in [0.15, 0.2) is 234 Å². The zero-order valence-corrected chi connectivity index (χ0v) is 34.4. The van der Waals surface area contributed by atoms with E-state index in [9.17, 15) is 0 Å². The van der Waals surface area contributed by atoms with Gasteiger partial charge in [0.05, 0.1) is 0 Å². The highest BCUT2D eigenvalue weighted by atomic mass is 16.3. The second-order valence-corrected chi connectivity index (χ2v) is 16.4. The summed E-state index contributed by atoms with van der Waals surface area (Å²) in [6, 6.07) is 80.1. The topological polar surface area (TPSA) is 49.6 Å². The maximum atomic E-state index is 6.89. The molecule has 0 saturated heterocycles. The molecule has 4 nitrogen and oxygen atoms in total. The molecular formula is C59H41N3O. The van der Waals surface area contributed by atoms with Gasteiger partial charge in [-0.2, -0.15) is 0 Å². The molecule has 4 heteroatoms. The highest BCUT2D eigenvalue weighted by molar-refractivity contribution is 6.19. The molecule has 2 heterocycles. The van der Waals surface area contributed by atoms with Gasteiger partial charge >= 0.3 is 0 Å². The first-order chi connectivity index (χ1) is 31.2. The highest BCUT2D eigenvalue weighted by Gasteiger charge is 2.27. The molecule has 0 amide bonds. The fourth-order valence-corrected chi connectivity index (χ4v) is 9.29. The van der Waals surface area contributed by atoms with Crippen LogP contribution in [0.5, 0.6) is 0 Å². The lowest BCUT2D eigenvalue weighted by Crippen LogP contribution is -2.44. The molecule has 0 bridgehead atoms. The monoisotopic (exact) mass is 807 g/mol. The lowest BCUT2D eigenvalue weighted by Gasteiger charge is -2.32. The van der Waals surface area contributed by atoms with E-state index in [0.717, 1.165) is 83.2 Å². The Morgan fingerprint density at radius 3 is 1.60 bits per heavy atom. The Balaban J connectivity index is 0.957. The van der Waals surface area contributed by atoms with Crippen LogP contribution in [0.4, 0.5) is 0 Å². The predicted octanol–water partition coefficient (Wildman–Crippen LogP) is 14.9. The van der Waals surface area contributed by atoms with Crippen molar-refractivity contribution in [2.24, 2.45) is 4.99 Å². The number of amidine groups is 1. The van der Waals surface area contributed by atoms with Crippen molar-refractivity contribution < 1.29 is 4.42 Å². The molecule has 1 aliphatic rings. The van der Waals surface area contributed by atoms with E-state index in [0.29, 0.717) is 0 Å². The molecule has 12 rings (SSSR count). The minimum Gasteiger partial charge on any atom is -0.455 e. The van der Waals surface area contributed by atoms with Gasteiger partial charge in [0.25, 0.3) is 0 Å². The molecule has 0 fully saturated rings. The molecule has 1 aromatic heterocycles. The standard InChI is InChI=1S/C59H41N3O/c1-4-14-38(15-5-1)48-33-49(39-16-6-2-7-17-39)35-50(34-48)59-61-57(42-19-8-3-9-20-42)60-58(62-59)43-27-25-41(26-28-43)51-30-31-52(47-29-24-40-18-10-11-21-44(40)32-47)56-55(51)53-36-45-22-12-13-23-46(45)37-54(53)63-56/h1-37,58-59,62H,(H,60,61). The van der Waals surface area contributed by atoms with E-state index in [4.69, 9.17) is 9.41 Å². The number of fused-ring (bicyclic) bond motifs is 5. The Hall–Kier alpha value is -8.05. The number of furan rings is 1. The van der Waals surface area contributed by atoms with Crippen molar-refractivity contribution in [2.75, 3.05) is 0 Å². The van der Waals surface area contributed by atoms with Crippen molar-refractivity contribution in [1.82, 2.24) is 10.6 Å². The van der Waals surface area contributed by atoms with E-state index in [1.54, 1.807) is 0 Å². The summed E-state index contributed by atoms with van der Waals surface area (Å²) in [5.74, 6) is 0.850. The fourth-order valence-electron chi connectivity index (χ4n) is 9.29. The molecule has 2 N–H and O–H groups in total. The van der Waals surface area contributed by atoms with E-state index in [2.05, 4.69) is 229 Å². The summed E-state index contributed by atoms with van der Waals surface area (Å²) in [7, 11) is 0. The molecular weight excluding hydrogens is 767 g/mol. The first kappa shape index (κ1) is 36.8. The molecule has 298 valence electrons. The molecule has 0 spiro atoms. The average Bonchev–Trinajstić information content (AvgIpc) is 3.74. The third-order valence-corrected chi connectivity index (χ3v) is 12.5. The lowest BCUT2D eigenvalue weighted by molar-refractivity contribution is 0.409. The van der Waals surface area contributed by atoms with E-state index in [1.807, 2.05) is 6.07 Å². The number of nitrogens with one attached hydrogen (secondary N) is 2. The molecule has 0 saturated carbocycles. The first-order valence-electron chi connectivity index (χ1n) is 21.6. The summed E-state index contributed by atoms with van der Waals surface area (Å²) < 4.78 is 6.89. The van der Waals surface area contributed by atoms with Gasteiger partial charge in [-0.1, -0.05) is 182 Å². The van der Waals surface area contributed by atoms with Gasteiger partial charge in [0.15, 0.2) is 0 Å². The molecule has 2 atom stereocenters. The van der Waals surface area contributed by atoms with Crippen LogP contribution in [0.3, 0.4) is 0 Å². The van der Waals surface area contributed by atoms with E-state index in [-0.39, 0.29) is 12.3 Å². The van der Waals surface area contributed by atoms with Gasteiger partial charge in [0.2, 0.25) is 0 Å². The number of hydrogen-bond donors (Lipinski definition) is 2. The Bertz CT molecular complexity index is 3440. The second kappa shape index (κ2) is 15.4. The van der Waals surface area contributed by atoms with Crippen LogP contribution in [-0.4, -0.2) is 5.84 Å². The van der Waals surface area contributed by atoms with Crippen molar-refractivity contribution in [3.05, 3.63) is 241 Å². The highest BCUT2D eigenvalue weighted by Crippen LogP contribution is 2.44. The average molecular weight is 808 g/mol. The molecule has 10 aromatic carbocycles. The SMILES string of the molecule is c1ccc(C2=NC(c3cc(-c4ccccc4)cc(-c4ccccc4)c3)NC(c3ccc(-c4ccc(-c5ccc6ccccc6c5)c5oc6cc7ccccc7cc6c45)cc3)N2)cc1. The van der Waals surface area contributed by atoms with Crippen LogP contribution in [0.25, 0.3) is 88.0 Å². The van der Waals surface area contributed by atoms with Crippen LogP contribution in [0.2, 0.25) is 0 Å². The third-order valence-electron chi connectivity index (χ3n) is 12.5. The minimum atomic E-state index is -0.313. The van der Waals surface area contributed by atoms with Gasteiger partial charge in [-0.05, 0) is 114 Å². The minimum absolute atomic E-state index is 0.214. The molecule has 1 aliphatic heterocycles. The summed E-state index contributed by atoms with van der Waals surface area (Å²) in [6.45, 7) is 0. The number of rotatable bonds is 7. The maximum absolute atomic E-state index is 6.89. The lowest BCUT2D eigenvalue weighted by atomic mass is 9.92. The Kier molecular flexibility index (Phi) is 9.02. The van der Waals surface area contributed by atoms with Gasteiger partial charge in [0, 0.05) is 21.9 Å². The summed E-state index contributed by atoms with van der Waals surface area (Å²) >= 11 is 0. The fraction of sp³-hybridized carbons (Fsp3) is 0.0339. The Labute approximate surface area is 365 Å². The summed E-state index contributed by atoms with van der Waals surface area (Å²) in [6.07, 6.45) is -0.527. The van der Waals surface area contributed by atoms with Crippen molar-refractivity contribution in [3.63, 3.8) is 0 Å². The largest absolute Gasteiger partial charge is 0.455 e. The van der Waals surface area contributed by atoms with Gasteiger partial charge in [-0.15, -0.1) is 0 Å².